The van der Waals surface area contributed by atoms with E-state index >= 15 is 0 Å². The smallest absolute Gasteiger partial charge is 0.0274 e. The van der Waals surface area contributed by atoms with Gasteiger partial charge in [-0.3, -0.25) is 0 Å². The van der Waals surface area contributed by atoms with Crippen LogP contribution in [0, 0.1) is 0 Å². The Kier molecular flexibility index (Phi) is 2.49. The molecule has 0 amide bonds. The fraction of sp³-hybridized carbons (Fsp3) is 0.400. The number of hydrogen-bond donors (Lipinski definition) is 0. The average molecular weight is 134 g/mol. The van der Waals surface area contributed by atoms with Crippen molar-refractivity contribution < 1.29 is 0 Å². The summed E-state index contributed by atoms with van der Waals surface area (Å²) in [6, 6.07) is 0. The van der Waals surface area contributed by atoms with Gasteiger partial charge in [-0.2, -0.15) is 0 Å². The molecule has 10 heavy (non-hydrogen) atoms. The van der Waals surface area contributed by atoms with Gasteiger partial charge < -0.3 is 0 Å². The molecule has 1 rings (SSSR count). The van der Waals surface area contributed by atoms with Gasteiger partial charge in [-0.1, -0.05) is 24.3 Å². The van der Waals surface area contributed by atoms with Gasteiger partial charge in [0.25, 0.3) is 0 Å². The average Bonchev–Trinajstić information content (AvgIpc) is 2.05. The number of hydrogen-bond acceptors (Lipinski definition) is 0. The molecule has 0 saturated carbocycles. The Balaban J connectivity index is 2.72. The third kappa shape index (κ3) is 1.60. The summed E-state index contributed by atoms with van der Waals surface area (Å²) < 4.78 is 0. The molecule has 0 bridgehead atoms. The SMILES string of the molecule is C/C=C(\C)C1=CCCC=C1. The first kappa shape index (κ1) is 7.33. The van der Waals surface area contributed by atoms with Gasteiger partial charge in [-0.25, -0.2) is 0 Å². The molecule has 0 aromatic rings. The Morgan fingerprint density at radius 1 is 1.50 bits per heavy atom. The van der Waals surface area contributed by atoms with Crippen LogP contribution in [0.5, 0.6) is 0 Å². The summed E-state index contributed by atoms with van der Waals surface area (Å²) in [6.45, 7) is 4.24. The minimum atomic E-state index is 1.21. The van der Waals surface area contributed by atoms with E-state index in [0.717, 1.165) is 0 Å². The standard InChI is InChI=1S/C10H14/c1-3-9(2)10-7-5-4-6-8-10/h3,5,7-8H,4,6H2,1-2H3/b9-3+. The van der Waals surface area contributed by atoms with Crippen LogP contribution in [0.2, 0.25) is 0 Å². The van der Waals surface area contributed by atoms with Crippen LogP contribution in [0.1, 0.15) is 26.7 Å². The van der Waals surface area contributed by atoms with Gasteiger partial charge in [0.05, 0.1) is 0 Å². The molecule has 0 aromatic heterocycles. The topological polar surface area (TPSA) is 0 Å². The van der Waals surface area contributed by atoms with Crippen molar-refractivity contribution in [2.75, 3.05) is 0 Å². The van der Waals surface area contributed by atoms with Crippen LogP contribution in [-0.2, 0) is 0 Å². The first-order chi connectivity index (χ1) is 4.84. The lowest BCUT2D eigenvalue weighted by Crippen LogP contribution is -1.85. The quantitative estimate of drug-likeness (QED) is 0.516. The Morgan fingerprint density at radius 3 is 2.80 bits per heavy atom. The van der Waals surface area contributed by atoms with Crippen LogP contribution in [0.3, 0.4) is 0 Å². The van der Waals surface area contributed by atoms with Crippen molar-refractivity contribution >= 4 is 0 Å². The zero-order valence-corrected chi connectivity index (χ0v) is 6.72. The van der Waals surface area contributed by atoms with Crippen LogP contribution in [0.15, 0.2) is 35.5 Å². The van der Waals surface area contributed by atoms with Crippen LogP contribution >= 0.6 is 0 Å². The fourth-order valence-electron chi connectivity index (χ4n) is 1.07. The van der Waals surface area contributed by atoms with Gasteiger partial charge >= 0.3 is 0 Å². The van der Waals surface area contributed by atoms with Crippen molar-refractivity contribution in [3.63, 3.8) is 0 Å². The van der Waals surface area contributed by atoms with Crippen molar-refractivity contribution in [1.82, 2.24) is 0 Å². The van der Waals surface area contributed by atoms with E-state index in [4.69, 9.17) is 0 Å². The van der Waals surface area contributed by atoms with Crippen molar-refractivity contribution in [3.8, 4) is 0 Å². The summed E-state index contributed by atoms with van der Waals surface area (Å²) in [5, 5.41) is 0. The maximum absolute atomic E-state index is 2.30. The first-order valence-corrected chi connectivity index (χ1v) is 3.84. The molecule has 0 unspecified atom stereocenters. The molecule has 0 N–H and O–H groups in total. The summed E-state index contributed by atoms with van der Waals surface area (Å²) in [6.07, 6.45) is 11.3. The summed E-state index contributed by atoms with van der Waals surface area (Å²) in [5.41, 5.74) is 2.78. The molecule has 1 aliphatic carbocycles. The highest BCUT2D eigenvalue weighted by Gasteiger charge is 1.96. The third-order valence-corrected chi connectivity index (χ3v) is 1.88. The fourth-order valence-corrected chi connectivity index (χ4v) is 1.07. The molecular weight excluding hydrogens is 120 g/mol. The van der Waals surface area contributed by atoms with E-state index in [-0.39, 0.29) is 0 Å². The summed E-state index contributed by atoms with van der Waals surface area (Å²) in [5.74, 6) is 0. The molecule has 0 radical (unpaired) electrons. The van der Waals surface area contributed by atoms with Crippen LogP contribution in [0.25, 0.3) is 0 Å². The van der Waals surface area contributed by atoms with Crippen molar-refractivity contribution in [2.24, 2.45) is 0 Å². The lowest BCUT2D eigenvalue weighted by atomic mass is 10.0. The minimum absolute atomic E-state index is 1.21. The predicted molar refractivity (Wildman–Crippen MR) is 45.9 cm³/mol. The Hall–Kier alpha value is -0.780. The highest BCUT2D eigenvalue weighted by Crippen LogP contribution is 2.16. The maximum atomic E-state index is 2.30. The zero-order valence-electron chi connectivity index (χ0n) is 6.72. The lowest BCUT2D eigenvalue weighted by Gasteiger charge is -2.05. The minimum Gasteiger partial charge on any atom is -0.0841 e. The third-order valence-electron chi connectivity index (χ3n) is 1.88. The summed E-state index contributed by atoms with van der Waals surface area (Å²) in [7, 11) is 0. The highest BCUT2D eigenvalue weighted by atomic mass is 14.0. The van der Waals surface area contributed by atoms with Crippen LogP contribution in [0.4, 0.5) is 0 Å². The second-order valence-corrected chi connectivity index (χ2v) is 2.61. The first-order valence-electron chi connectivity index (χ1n) is 3.84. The molecule has 0 aromatic carbocycles. The maximum Gasteiger partial charge on any atom is -0.0274 e. The molecule has 0 fully saturated rings. The Labute approximate surface area is 62.9 Å². The van der Waals surface area contributed by atoms with Crippen LogP contribution in [-0.4, -0.2) is 0 Å². The lowest BCUT2D eigenvalue weighted by molar-refractivity contribution is 1.02. The van der Waals surface area contributed by atoms with Crippen molar-refractivity contribution in [2.45, 2.75) is 26.7 Å². The largest absolute Gasteiger partial charge is 0.0841 e. The predicted octanol–water partition coefficient (Wildman–Crippen LogP) is 3.23. The van der Waals surface area contributed by atoms with Crippen molar-refractivity contribution in [1.29, 1.82) is 0 Å². The monoisotopic (exact) mass is 134 g/mol. The second kappa shape index (κ2) is 3.40. The summed E-state index contributed by atoms with van der Waals surface area (Å²) in [4.78, 5) is 0. The summed E-state index contributed by atoms with van der Waals surface area (Å²) >= 11 is 0. The molecule has 1 aliphatic rings. The van der Waals surface area contributed by atoms with E-state index in [2.05, 4.69) is 38.2 Å². The van der Waals surface area contributed by atoms with E-state index in [1.54, 1.807) is 0 Å². The molecule has 0 aliphatic heterocycles. The second-order valence-electron chi connectivity index (χ2n) is 2.61. The molecule has 0 heterocycles. The van der Waals surface area contributed by atoms with Gasteiger partial charge in [0, 0.05) is 0 Å². The molecule has 0 spiro atoms. The molecule has 0 nitrogen and oxygen atoms in total. The highest BCUT2D eigenvalue weighted by molar-refractivity contribution is 5.39. The molecule has 0 atom stereocenters. The number of allylic oxidation sites excluding steroid dienone is 6. The Morgan fingerprint density at radius 2 is 2.30 bits per heavy atom. The van der Waals surface area contributed by atoms with Gasteiger partial charge in [-0.05, 0) is 37.8 Å². The molecule has 0 heteroatoms. The van der Waals surface area contributed by atoms with E-state index in [0.29, 0.717) is 0 Å². The van der Waals surface area contributed by atoms with Crippen molar-refractivity contribution in [3.05, 3.63) is 35.5 Å². The molecule has 54 valence electrons. The normalized spacial score (nSPS) is 19.0. The Bertz CT molecular complexity index is 192. The van der Waals surface area contributed by atoms with E-state index < -0.39 is 0 Å². The van der Waals surface area contributed by atoms with E-state index in [1.807, 2.05) is 0 Å². The van der Waals surface area contributed by atoms with E-state index in [9.17, 15) is 0 Å². The van der Waals surface area contributed by atoms with E-state index in [1.165, 1.54) is 24.0 Å². The zero-order chi connectivity index (χ0) is 7.40. The van der Waals surface area contributed by atoms with Gasteiger partial charge in [-0.15, -0.1) is 0 Å². The molecular formula is C10H14. The number of rotatable bonds is 1. The van der Waals surface area contributed by atoms with Gasteiger partial charge in [0.2, 0.25) is 0 Å². The van der Waals surface area contributed by atoms with Gasteiger partial charge in [0.1, 0.15) is 0 Å². The molecule has 0 saturated heterocycles. The van der Waals surface area contributed by atoms with Gasteiger partial charge in [0.15, 0.2) is 0 Å². The van der Waals surface area contributed by atoms with Crippen LogP contribution < -0.4 is 0 Å².